The molecule has 1 amide bonds. The molecule has 27 heavy (non-hydrogen) atoms. The van der Waals surface area contributed by atoms with Crippen molar-refractivity contribution in [1.82, 2.24) is 10.2 Å². The average molecular weight is 367 g/mol. The van der Waals surface area contributed by atoms with Crippen molar-refractivity contribution < 1.29 is 4.79 Å². The second kappa shape index (κ2) is 7.24. The van der Waals surface area contributed by atoms with Gasteiger partial charge in [-0.3, -0.25) is 9.69 Å². The topological polar surface area (TPSA) is 32.3 Å². The Morgan fingerprint density at radius 2 is 1.67 bits per heavy atom. The molecule has 1 N–H and O–H groups in total. The van der Waals surface area contributed by atoms with E-state index in [1.807, 2.05) is 0 Å². The van der Waals surface area contributed by atoms with E-state index in [2.05, 4.69) is 34.5 Å². The fourth-order valence-corrected chi connectivity index (χ4v) is 6.98. The summed E-state index contributed by atoms with van der Waals surface area (Å²) in [4.78, 5) is 15.5. The van der Waals surface area contributed by atoms with Gasteiger partial charge in [0.2, 0.25) is 5.91 Å². The molecule has 1 aromatic carbocycles. The molecule has 5 aliphatic rings. The molecular weight excluding hydrogens is 332 g/mol. The van der Waals surface area contributed by atoms with Gasteiger partial charge in [0.1, 0.15) is 0 Å². The molecule has 1 aromatic rings. The van der Waals surface area contributed by atoms with E-state index >= 15 is 0 Å². The Morgan fingerprint density at radius 3 is 2.37 bits per heavy atom. The number of hydrogen-bond acceptors (Lipinski definition) is 2. The van der Waals surface area contributed by atoms with Gasteiger partial charge in [0.05, 0.1) is 0 Å². The lowest BCUT2D eigenvalue weighted by Crippen LogP contribution is -2.53. The molecule has 4 aliphatic carbocycles. The van der Waals surface area contributed by atoms with E-state index in [1.165, 1.54) is 69.0 Å². The van der Waals surface area contributed by atoms with Crippen LogP contribution < -0.4 is 5.32 Å². The van der Waals surface area contributed by atoms with Crippen LogP contribution in [0, 0.1) is 23.2 Å². The number of nitrogens with zero attached hydrogens (tertiary/aromatic N) is 1. The molecule has 4 saturated carbocycles. The molecule has 0 saturated heterocycles. The van der Waals surface area contributed by atoms with Crippen LogP contribution in [0.25, 0.3) is 0 Å². The summed E-state index contributed by atoms with van der Waals surface area (Å²) in [6.07, 6.45) is 11.2. The first-order chi connectivity index (χ1) is 13.2. The lowest BCUT2D eigenvalue weighted by atomic mass is 9.49. The zero-order chi connectivity index (χ0) is 18.3. The minimum absolute atomic E-state index is 0.0192. The molecule has 1 aliphatic heterocycles. The summed E-state index contributed by atoms with van der Waals surface area (Å²) < 4.78 is 0. The van der Waals surface area contributed by atoms with Gasteiger partial charge in [0.25, 0.3) is 0 Å². The summed E-state index contributed by atoms with van der Waals surface area (Å²) in [6, 6.07) is 8.85. The number of hydrogen-bond donors (Lipinski definition) is 1. The number of nitrogens with one attached hydrogen (secondary N) is 1. The summed E-state index contributed by atoms with van der Waals surface area (Å²) in [7, 11) is 0. The predicted octanol–water partition coefficient (Wildman–Crippen LogP) is 4.16. The normalized spacial score (nSPS) is 34.4. The summed E-state index contributed by atoms with van der Waals surface area (Å²) in [5.74, 6) is 2.95. The fraction of sp³-hybridized carbons (Fsp3) is 0.708. The van der Waals surface area contributed by atoms with Crippen LogP contribution in [0.3, 0.4) is 0 Å². The van der Waals surface area contributed by atoms with E-state index in [-0.39, 0.29) is 5.41 Å². The van der Waals surface area contributed by atoms with Crippen LogP contribution in [-0.2, 0) is 17.8 Å². The van der Waals surface area contributed by atoms with Crippen molar-refractivity contribution in [3.63, 3.8) is 0 Å². The zero-order valence-electron chi connectivity index (χ0n) is 16.6. The first-order valence-corrected chi connectivity index (χ1v) is 11.3. The summed E-state index contributed by atoms with van der Waals surface area (Å²) in [5, 5.41) is 3.34. The number of unbranched alkanes of at least 4 members (excludes halogenated alkanes) is 1. The number of carbonyl (C=O) groups excluding carboxylic acids is 1. The van der Waals surface area contributed by atoms with Gasteiger partial charge in [-0.1, -0.05) is 24.3 Å². The first kappa shape index (κ1) is 17.7. The van der Waals surface area contributed by atoms with Crippen LogP contribution in [0.1, 0.15) is 62.5 Å². The van der Waals surface area contributed by atoms with E-state index in [1.54, 1.807) is 0 Å². The summed E-state index contributed by atoms with van der Waals surface area (Å²) >= 11 is 0. The van der Waals surface area contributed by atoms with Gasteiger partial charge in [-0.05, 0) is 93.2 Å². The molecule has 4 fully saturated rings. The molecule has 3 nitrogen and oxygen atoms in total. The number of amides is 1. The van der Waals surface area contributed by atoms with Gasteiger partial charge < -0.3 is 5.32 Å². The highest BCUT2D eigenvalue weighted by Gasteiger charge is 2.54. The lowest BCUT2D eigenvalue weighted by Gasteiger charge is -2.55. The van der Waals surface area contributed by atoms with Crippen molar-refractivity contribution in [2.45, 2.75) is 64.3 Å². The summed E-state index contributed by atoms with van der Waals surface area (Å²) in [5.41, 5.74) is 3.04. The molecule has 0 atom stereocenters. The Kier molecular flexibility index (Phi) is 4.75. The van der Waals surface area contributed by atoms with Gasteiger partial charge >= 0.3 is 0 Å². The maximum absolute atomic E-state index is 13.0. The van der Waals surface area contributed by atoms with Gasteiger partial charge in [0.15, 0.2) is 0 Å². The molecule has 4 bridgehead atoms. The maximum atomic E-state index is 13.0. The molecular formula is C24H34N2O. The van der Waals surface area contributed by atoms with Gasteiger partial charge in [-0.15, -0.1) is 0 Å². The van der Waals surface area contributed by atoms with Crippen molar-refractivity contribution in [1.29, 1.82) is 0 Å². The van der Waals surface area contributed by atoms with Crippen LogP contribution in [0.15, 0.2) is 24.3 Å². The summed E-state index contributed by atoms with van der Waals surface area (Å²) in [6.45, 7) is 4.29. The van der Waals surface area contributed by atoms with E-state index in [4.69, 9.17) is 0 Å². The predicted molar refractivity (Wildman–Crippen MR) is 108 cm³/mol. The molecule has 0 radical (unpaired) electrons. The number of fused-ring (bicyclic) bond motifs is 1. The fourth-order valence-electron chi connectivity index (χ4n) is 6.98. The maximum Gasteiger partial charge on any atom is 0.226 e. The van der Waals surface area contributed by atoms with Crippen molar-refractivity contribution in [3.8, 4) is 0 Å². The molecule has 146 valence electrons. The minimum Gasteiger partial charge on any atom is -0.356 e. The third-order valence-corrected chi connectivity index (χ3v) is 7.92. The van der Waals surface area contributed by atoms with E-state index in [0.29, 0.717) is 5.91 Å². The third kappa shape index (κ3) is 3.55. The Labute approximate surface area is 163 Å². The molecule has 1 heterocycles. The van der Waals surface area contributed by atoms with E-state index in [9.17, 15) is 4.79 Å². The van der Waals surface area contributed by atoms with E-state index < -0.39 is 0 Å². The molecule has 0 spiro atoms. The van der Waals surface area contributed by atoms with Crippen molar-refractivity contribution in [2.75, 3.05) is 19.6 Å². The average Bonchev–Trinajstić information content (AvgIpc) is 2.66. The number of carbonyl (C=O) groups is 1. The number of benzene rings is 1. The SMILES string of the molecule is O=C(NCCCCN1CCc2ccccc2C1)C12CC3CC(CC(C3)C1)C2. The van der Waals surface area contributed by atoms with E-state index in [0.717, 1.165) is 43.8 Å². The van der Waals surface area contributed by atoms with Crippen molar-refractivity contribution >= 4 is 5.91 Å². The number of rotatable bonds is 6. The Hall–Kier alpha value is -1.35. The Balaban J connectivity index is 1.05. The zero-order valence-corrected chi connectivity index (χ0v) is 16.6. The standard InChI is InChI=1S/C24H34N2O/c27-23(24-14-18-11-19(15-24)13-20(12-18)16-24)25-8-3-4-9-26-10-7-21-5-1-2-6-22(21)17-26/h1-2,5-6,18-20H,3-4,7-17H2,(H,25,27). The third-order valence-electron chi connectivity index (χ3n) is 7.92. The van der Waals surface area contributed by atoms with Crippen LogP contribution in [-0.4, -0.2) is 30.4 Å². The van der Waals surface area contributed by atoms with Crippen LogP contribution in [0.2, 0.25) is 0 Å². The largest absolute Gasteiger partial charge is 0.356 e. The highest BCUT2D eigenvalue weighted by molar-refractivity contribution is 5.83. The van der Waals surface area contributed by atoms with Crippen LogP contribution in [0.5, 0.6) is 0 Å². The van der Waals surface area contributed by atoms with Crippen molar-refractivity contribution in [2.24, 2.45) is 23.2 Å². The highest BCUT2D eigenvalue weighted by atomic mass is 16.2. The monoisotopic (exact) mass is 366 g/mol. The molecule has 3 heteroatoms. The molecule has 6 rings (SSSR count). The first-order valence-electron chi connectivity index (χ1n) is 11.3. The highest BCUT2D eigenvalue weighted by Crippen LogP contribution is 2.60. The Morgan fingerprint density at radius 1 is 1.00 bits per heavy atom. The van der Waals surface area contributed by atoms with Gasteiger partial charge in [-0.25, -0.2) is 0 Å². The lowest BCUT2D eigenvalue weighted by molar-refractivity contribution is -0.146. The van der Waals surface area contributed by atoms with Crippen molar-refractivity contribution in [3.05, 3.63) is 35.4 Å². The Bertz CT molecular complexity index is 662. The quantitative estimate of drug-likeness (QED) is 0.767. The second-order valence-corrected chi connectivity index (χ2v) is 9.96. The van der Waals surface area contributed by atoms with Gasteiger partial charge in [-0.2, -0.15) is 0 Å². The van der Waals surface area contributed by atoms with Gasteiger partial charge in [0, 0.05) is 25.0 Å². The molecule has 0 aromatic heterocycles. The smallest absolute Gasteiger partial charge is 0.226 e. The van der Waals surface area contributed by atoms with Crippen LogP contribution in [0.4, 0.5) is 0 Å². The second-order valence-electron chi connectivity index (χ2n) is 9.96. The molecule has 0 unspecified atom stereocenters. The minimum atomic E-state index is 0.0192. The van der Waals surface area contributed by atoms with Crippen LogP contribution >= 0.6 is 0 Å².